The Kier molecular flexibility index (Phi) is 16.3. The Balaban J connectivity index is -0.00000162. The van der Waals surface area contributed by atoms with E-state index in [1.54, 1.807) is 0 Å². The first-order valence-corrected chi connectivity index (χ1v) is 8.00. The van der Waals surface area contributed by atoms with Crippen molar-refractivity contribution in [3.8, 4) is 0 Å². The maximum atomic E-state index is 11.8. The maximum Gasteiger partial charge on any atom is 1.00 e. The first kappa shape index (κ1) is 27.1. The average molecular weight is 362 g/mol. The van der Waals surface area contributed by atoms with Crippen LogP contribution >= 0.6 is 15.2 Å². The van der Waals surface area contributed by atoms with Gasteiger partial charge in [-0.15, -0.1) is 0 Å². The van der Waals surface area contributed by atoms with Crippen LogP contribution in [0.25, 0.3) is 0 Å². The smallest absolute Gasteiger partial charge is 0.806 e. The zero-order valence-electron chi connectivity index (χ0n) is 12.3. The summed E-state index contributed by atoms with van der Waals surface area (Å²) in [6.07, 6.45) is -0.633. The van der Waals surface area contributed by atoms with Crippen LogP contribution in [0.1, 0.15) is 19.3 Å². The molecule has 112 valence electrons. The Labute approximate surface area is 166 Å². The van der Waals surface area contributed by atoms with Gasteiger partial charge in [-0.25, -0.2) is 0 Å². The second-order valence-corrected chi connectivity index (χ2v) is 7.00. The molecular formula is C7H14N2Na2O8P2. The molecule has 0 fully saturated rings. The van der Waals surface area contributed by atoms with Crippen LogP contribution in [0.5, 0.6) is 0 Å². The molecule has 0 spiro atoms. The van der Waals surface area contributed by atoms with Crippen LogP contribution in [0.3, 0.4) is 0 Å². The van der Waals surface area contributed by atoms with Crippen molar-refractivity contribution in [2.45, 2.75) is 19.3 Å². The molecule has 0 saturated heterocycles. The normalized spacial score (nSPS) is 13.3. The van der Waals surface area contributed by atoms with Gasteiger partial charge in [-0.05, 0) is 20.4 Å². The van der Waals surface area contributed by atoms with E-state index in [1.165, 1.54) is 0 Å². The van der Waals surface area contributed by atoms with Crippen molar-refractivity contribution in [1.82, 2.24) is 0 Å². The van der Waals surface area contributed by atoms with Crippen molar-refractivity contribution in [2.24, 2.45) is 10.3 Å². The molecule has 0 radical (unpaired) electrons. The van der Waals surface area contributed by atoms with Gasteiger partial charge in [0.2, 0.25) is 0 Å². The molecule has 0 saturated carbocycles. The van der Waals surface area contributed by atoms with Crippen LogP contribution in [0.4, 0.5) is 0 Å². The van der Waals surface area contributed by atoms with E-state index < -0.39 is 27.1 Å². The van der Waals surface area contributed by atoms with Crippen LogP contribution in [0.15, 0.2) is 10.3 Å². The summed E-state index contributed by atoms with van der Waals surface area (Å²) in [6.45, 7) is 0. The van der Waals surface area contributed by atoms with Crippen molar-refractivity contribution in [2.75, 3.05) is 14.2 Å². The van der Waals surface area contributed by atoms with E-state index in [2.05, 4.69) is 19.4 Å². The van der Waals surface area contributed by atoms with Gasteiger partial charge in [0, 0.05) is 20.6 Å². The third-order valence-corrected chi connectivity index (χ3v) is 5.00. The van der Waals surface area contributed by atoms with Gasteiger partial charge >= 0.3 is 66.7 Å². The van der Waals surface area contributed by atoms with Gasteiger partial charge in [0.05, 0.1) is 5.45 Å². The predicted molar refractivity (Wildman–Crippen MR) is 61.5 cm³/mol. The van der Waals surface area contributed by atoms with Crippen LogP contribution in [-0.2, 0) is 18.2 Å². The summed E-state index contributed by atoms with van der Waals surface area (Å²) in [5.74, 6) is 0. The van der Waals surface area contributed by atoms with Crippen molar-refractivity contribution < 1.29 is 97.5 Å². The molecule has 0 atom stereocenters. The minimum atomic E-state index is -5.13. The summed E-state index contributed by atoms with van der Waals surface area (Å²) in [5.41, 5.74) is -1.27. The molecule has 2 N–H and O–H groups in total. The van der Waals surface area contributed by atoms with Crippen molar-refractivity contribution in [1.29, 1.82) is 0 Å². The van der Waals surface area contributed by atoms with E-state index in [-0.39, 0.29) is 77.4 Å². The molecule has 10 nitrogen and oxygen atoms in total. The van der Waals surface area contributed by atoms with Gasteiger partial charge < -0.3 is 33.8 Å². The minimum Gasteiger partial charge on any atom is -0.806 e. The minimum absolute atomic E-state index is 0. The Bertz CT molecular complexity index is 444. The molecule has 0 heterocycles. The van der Waals surface area contributed by atoms with Gasteiger partial charge in [0.1, 0.15) is 0 Å². The molecule has 0 unspecified atom stereocenters. The Hall–Kier alpha value is 1.24. The predicted octanol–water partition coefficient (Wildman–Crippen LogP) is -5.86. The van der Waals surface area contributed by atoms with E-state index in [9.17, 15) is 18.9 Å². The number of hydrogen-bond donors (Lipinski definition) is 2. The summed E-state index contributed by atoms with van der Waals surface area (Å²) in [6, 6.07) is 0. The maximum absolute atomic E-state index is 11.8. The van der Waals surface area contributed by atoms with Crippen LogP contribution < -0.4 is 68.9 Å². The molecule has 0 rings (SSSR count). The molecule has 0 aliphatic rings. The molecule has 0 aromatic carbocycles. The zero-order chi connectivity index (χ0) is 15.1. The fourth-order valence-corrected chi connectivity index (χ4v) is 2.83. The van der Waals surface area contributed by atoms with E-state index >= 15 is 0 Å². The van der Waals surface area contributed by atoms with Gasteiger partial charge in [0.25, 0.3) is 0 Å². The summed E-state index contributed by atoms with van der Waals surface area (Å²) in [7, 11) is -6.69. The average Bonchev–Trinajstić information content (AvgIpc) is 2.36. The van der Waals surface area contributed by atoms with Crippen molar-refractivity contribution in [3.05, 3.63) is 0 Å². The fourth-order valence-electron chi connectivity index (χ4n) is 1.17. The number of nitrogens with zero attached hydrogens (tertiary/aromatic N) is 2. The summed E-state index contributed by atoms with van der Waals surface area (Å²) >= 11 is 0. The molecule has 21 heavy (non-hydrogen) atoms. The monoisotopic (exact) mass is 362 g/mol. The summed E-state index contributed by atoms with van der Waals surface area (Å²) in [5, 5.41) is 22.2. The molecule has 14 heteroatoms. The zero-order valence-corrected chi connectivity index (χ0v) is 18.0. The molecule has 0 aromatic heterocycles. The van der Waals surface area contributed by atoms with E-state index in [1.807, 2.05) is 0 Å². The first-order valence-electron chi connectivity index (χ1n) is 4.91. The molecule has 0 aliphatic heterocycles. The molecule has 0 amide bonds. The van der Waals surface area contributed by atoms with E-state index in [0.29, 0.717) is 0 Å². The number of rotatable bonds is 8. The van der Waals surface area contributed by atoms with Crippen LogP contribution in [0, 0.1) is 0 Å². The van der Waals surface area contributed by atoms with E-state index in [0.717, 1.165) is 14.2 Å². The quantitative estimate of drug-likeness (QED) is 0.142. The van der Waals surface area contributed by atoms with Crippen molar-refractivity contribution >= 4 is 26.1 Å². The molecule has 0 bridgehead atoms. The van der Waals surface area contributed by atoms with Gasteiger partial charge in [-0.1, -0.05) is 10.3 Å². The Morgan fingerprint density at radius 1 is 1.00 bits per heavy atom. The van der Waals surface area contributed by atoms with Gasteiger partial charge in [0.15, 0.2) is 5.45 Å². The largest absolute Gasteiger partial charge is 1.00 e. The Morgan fingerprint density at radius 3 is 1.67 bits per heavy atom. The molecule has 0 aliphatic carbocycles. The topological polar surface area (TPSA) is 164 Å². The number of hydrogen-bond acceptors (Lipinski definition) is 10. The van der Waals surface area contributed by atoms with Gasteiger partial charge in [-0.3, -0.25) is 4.57 Å². The SMILES string of the molecule is COP(=O)(OC)C(CCCC(=NO)P(=O)([O-])[O-])=NO.[Na+].[Na+]. The molecular weight excluding hydrogens is 348 g/mol. The van der Waals surface area contributed by atoms with Crippen molar-refractivity contribution in [3.63, 3.8) is 0 Å². The number of oxime groups is 2. The van der Waals surface area contributed by atoms with Crippen LogP contribution in [-0.4, -0.2) is 35.5 Å². The first-order chi connectivity index (χ1) is 8.75. The molecule has 0 aromatic rings. The van der Waals surface area contributed by atoms with Crippen LogP contribution in [0.2, 0.25) is 0 Å². The fraction of sp³-hybridized carbons (Fsp3) is 0.714. The standard InChI is InChI=1S/C7H16N2O8P2.2Na/c1-16-19(15,17-2)7(9-11)5-3-4-6(8-10)18(12,13)14;;/h10-11H,3-5H2,1-2H3,(H2,12,13,14);;/q;2*+1/p-2. The van der Waals surface area contributed by atoms with E-state index in [4.69, 9.17) is 10.4 Å². The Morgan fingerprint density at radius 2 is 1.38 bits per heavy atom. The second kappa shape index (κ2) is 12.6. The third-order valence-electron chi connectivity index (χ3n) is 2.14. The summed E-state index contributed by atoms with van der Waals surface area (Å²) in [4.78, 5) is 21.2. The third kappa shape index (κ3) is 9.20. The second-order valence-electron chi connectivity index (χ2n) is 3.25. The van der Waals surface area contributed by atoms with Gasteiger partial charge in [-0.2, -0.15) is 0 Å². The summed E-state index contributed by atoms with van der Waals surface area (Å²) < 4.78 is 31.6.